The number of hydrogen-bond acceptors (Lipinski definition) is 0. The van der Waals surface area contributed by atoms with Crippen molar-refractivity contribution < 1.29 is 0 Å². The van der Waals surface area contributed by atoms with Gasteiger partial charge in [-0.15, -0.1) is 0 Å². The second kappa shape index (κ2) is 8.93. The second-order valence-corrected chi connectivity index (χ2v) is 14.8. The molecule has 0 N–H and O–H groups in total. The Morgan fingerprint density at radius 3 is 1.59 bits per heavy atom. The number of hydrogen-bond donors (Lipinski definition) is 0. The summed E-state index contributed by atoms with van der Waals surface area (Å²) in [6.07, 6.45) is 1.10. The van der Waals surface area contributed by atoms with Crippen LogP contribution in [0.1, 0.15) is 105 Å². The van der Waals surface area contributed by atoms with Gasteiger partial charge in [0, 0.05) is 0 Å². The molecule has 1 heteroatoms. The van der Waals surface area contributed by atoms with Crippen molar-refractivity contribution >= 4 is 13.2 Å². The zero-order chi connectivity index (χ0) is 22.1. The molecule has 160 valence electrons. The molecule has 0 radical (unpaired) electrons. The van der Waals surface area contributed by atoms with Crippen LogP contribution in [0.3, 0.4) is 0 Å². The van der Waals surface area contributed by atoms with Gasteiger partial charge in [-0.2, -0.15) is 0 Å². The SMILES string of the molecule is CCc1cc(C(C)C)c(-c2ccccc2P(C(C)(C)C)C(C)(C)C)c(C(C)C)c1. The topological polar surface area (TPSA) is 0 Å². The van der Waals surface area contributed by atoms with Crippen molar-refractivity contribution in [1.82, 2.24) is 0 Å². The van der Waals surface area contributed by atoms with Crippen LogP contribution in [0.5, 0.6) is 0 Å². The molecule has 0 heterocycles. The van der Waals surface area contributed by atoms with Gasteiger partial charge in [-0.3, -0.25) is 0 Å². The zero-order valence-corrected chi connectivity index (χ0v) is 21.7. The first-order valence-electron chi connectivity index (χ1n) is 11.4. The van der Waals surface area contributed by atoms with E-state index in [0.29, 0.717) is 11.8 Å². The molecule has 0 bridgehead atoms. The quantitative estimate of drug-likeness (QED) is 0.432. The molecule has 0 aliphatic heterocycles. The smallest absolute Gasteiger partial charge is 0.0101 e. The summed E-state index contributed by atoms with van der Waals surface area (Å²) in [4.78, 5) is 0. The standard InChI is InChI=1S/C28H43P/c1-12-21-17-23(19(2)3)26(24(18-21)20(4)5)22-15-13-14-16-25(22)29(27(6,7)8)28(9,10)11/h13-20H,12H2,1-11H3. The zero-order valence-electron chi connectivity index (χ0n) is 20.8. The summed E-state index contributed by atoms with van der Waals surface area (Å²) in [5.74, 6) is 1.02. The maximum atomic E-state index is 2.47. The van der Waals surface area contributed by atoms with Crippen molar-refractivity contribution in [1.29, 1.82) is 0 Å². The number of benzene rings is 2. The van der Waals surface area contributed by atoms with Crippen LogP contribution in [0, 0.1) is 0 Å². The summed E-state index contributed by atoms with van der Waals surface area (Å²) in [5, 5.41) is 2.07. The van der Waals surface area contributed by atoms with Gasteiger partial charge < -0.3 is 0 Å². The van der Waals surface area contributed by atoms with E-state index in [2.05, 4.69) is 113 Å². The minimum Gasteiger partial charge on any atom is -0.0636 e. The molecule has 0 fully saturated rings. The van der Waals surface area contributed by atoms with Gasteiger partial charge in [-0.1, -0.05) is 120 Å². The van der Waals surface area contributed by atoms with Crippen molar-refractivity contribution in [3.05, 3.63) is 53.1 Å². The van der Waals surface area contributed by atoms with Crippen LogP contribution in [-0.2, 0) is 6.42 Å². The molecule has 0 saturated carbocycles. The molecule has 0 aliphatic rings. The molecule has 0 amide bonds. The summed E-state index contributed by atoms with van der Waals surface area (Å²) in [6, 6.07) is 14.2. The second-order valence-electron chi connectivity index (χ2n) is 11.0. The lowest BCUT2D eigenvalue weighted by Crippen LogP contribution is -2.32. The maximum absolute atomic E-state index is 2.47. The van der Waals surface area contributed by atoms with Gasteiger partial charge in [0.05, 0.1) is 0 Å². The third-order valence-electron chi connectivity index (χ3n) is 5.67. The lowest BCUT2D eigenvalue weighted by atomic mass is 9.83. The van der Waals surface area contributed by atoms with E-state index >= 15 is 0 Å². The van der Waals surface area contributed by atoms with Crippen LogP contribution < -0.4 is 5.30 Å². The molecule has 2 aromatic carbocycles. The highest BCUT2D eigenvalue weighted by Crippen LogP contribution is 2.59. The highest BCUT2D eigenvalue weighted by Gasteiger charge is 2.37. The minimum atomic E-state index is -0.357. The molecule has 0 atom stereocenters. The van der Waals surface area contributed by atoms with Gasteiger partial charge in [0.15, 0.2) is 0 Å². The van der Waals surface area contributed by atoms with Crippen LogP contribution in [0.15, 0.2) is 36.4 Å². The average molecular weight is 411 g/mol. The largest absolute Gasteiger partial charge is 0.0636 e. The van der Waals surface area contributed by atoms with Gasteiger partial charge in [0.25, 0.3) is 0 Å². The highest BCUT2D eigenvalue weighted by atomic mass is 31.1. The minimum absolute atomic E-state index is 0.253. The summed E-state index contributed by atoms with van der Waals surface area (Å²) >= 11 is 0. The third-order valence-corrected chi connectivity index (χ3v) is 9.22. The third kappa shape index (κ3) is 5.32. The fraction of sp³-hybridized carbons (Fsp3) is 0.571. The van der Waals surface area contributed by atoms with Crippen LogP contribution >= 0.6 is 7.92 Å². The van der Waals surface area contributed by atoms with Crippen LogP contribution in [0.4, 0.5) is 0 Å². The lowest BCUT2D eigenvalue weighted by Gasteiger charge is -2.43. The van der Waals surface area contributed by atoms with Crippen LogP contribution in [0.25, 0.3) is 11.1 Å². The van der Waals surface area contributed by atoms with E-state index in [-0.39, 0.29) is 18.2 Å². The highest BCUT2D eigenvalue weighted by molar-refractivity contribution is 7.68. The Morgan fingerprint density at radius 2 is 1.21 bits per heavy atom. The Bertz CT molecular complexity index is 785. The molecule has 0 spiro atoms. The molecular formula is C28H43P. The summed E-state index contributed by atoms with van der Waals surface area (Å²) in [7, 11) is -0.357. The van der Waals surface area contributed by atoms with Gasteiger partial charge >= 0.3 is 0 Å². The van der Waals surface area contributed by atoms with E-state index < -0.39 is 0 Å². The Balaban J connectivity index is 2.94. The monoisotopic (exact) mass is 410 g/mol. The van der Waals surface area contributed by atoms with Gasteiger partial charge in [0.1, 0.15) is 0 Å². The molecule has 0 nitrogen and oxygen atoms in total. The fourth-order valence-electron chi connectivity index (χ4n) is 4.79. The molecule has 0 aliphatic carbocycles. The number of rotatable bonds is 5. The Morgan fingerprint density at radius 1 is 0.759 bits per heavy atom. The van der Waals surface area contributed by atoms with Crippen molar-refractivity contribution in [2.75, 3.05) is 0 Å². The van der Waals surface area contributed by atoms with Gasteiger partial charge in [-0.25, -0.2) is 0 Å². The van der Waals surface area contributed by atoms with E-state index in [1.54, 1.807) is 5.30 Å². The summed E-state index contributed by atoms with van der Waals surface area (Å²) in [5.41, 5.74) is 7.46. The Hall–Kier alpha value is -1.13. The molecule has 0 aromatic heterocycles. The van der Waals surface area contributed by atoms with Crippen molar-refractivity contribution in [2.24, 2.45) is 0 Å². The van der Waals surface area contributed by atoms with Gasteiger partial charge in [0.2, 0.25) is 0 Å². The molecule has 0 saturated heterocycles. The average Bonchev–Trinajstić information content (AvgIpc) is 2.58. The van der Waals surface area contributed by atoms with Crippen molar-refractivity contribution in [2.45, 2.75) is 105 Å². The maximum Gasteiger partial charge on any atom is -0.0101 e. The first-order valence-corrected chi connectivity index (χ1v) is 12.7. The first kappa shape index (κ1) is 24.1. The van der Waals surface area contributed by atoms with Crippen molar-refractivity contribution in [3.63, 3.8) is 0 Å². The molecular weight excluding hydrogens is 367 g/mol. The molecule has 2 aromatic rings. The van der Waals surface area contributed by atoms with E-state index in [1.165, 1.54) is 27.8 Å². The van der Waals surface area contributed by atoms with Crippen LogP contribution in [0.2, 0.25) is 0 Å². The van der Waals surface area contributed by atoms with Crippen molar-refractivity contribution in [3.8, 4) is 11.1 Å². The predicted molar refractivity (Wildman–Crippen MR) is 135 cm³/mol. The first-order chi connectivity index (χ1) is 13.3. The van der Waals surface area contributed by atoms with E-state index in [0.717, 1.165) is 6.42 Å². The van der Waals surface area contributed by atoms with E-state index in [9.17, 15) is 0 Å². The molecule has 29 heavy (non-hydrogen) atoms. The normalized spacial score (nSPS) is 13.0. The van der Waals surface area contributed by atoms with Gasteiger partial charge in [-0.05, 0) is 61.7 Å². The fourth-order valence-corrected chi connectivity index (χ4v) is 8.91. The summed E-state index contributed by atoms with van der Waals surface area (Å²) < 4.78 is 0. The van der Waals surface area contributed by atoms with E-state index in [4.69, 9.17) is 0 Å². The van der Waals surface area contributed by atoms with Crippen LogP contribution in [-0.4, -0.2) is 10.3 Å². The number of aryl methyl sites for hydroxylation is 1. The molecule has 0 unspecified atom stereocenters. The lowest BCUT2D eigenvalue weighted by molar-refractivity contribution is 0.715. The Kier molecular flexibility index (Phi) is 7.44. The Labute approximate surface area is 182 Å². The predicted octanol–water partition coefficient (Wildman–Crippen LogP) is 8.87. The van der Waals surface area contributed by atoms with E-state index in [1.807, 2.05) is 0 Å². The molecule has 2 rings (SSSR count). The summed E-state index contributed by atoms with van der Waals surface area (Å²) in [6.45, 7) is 26.2.